The molecule has 0 atom stereocenters. The van der Waals surface area contributed by atoms with Crippen LogP contribution in [0.2, 0.25) is 0 Å². The maximum Gasteiger partial charge on any atom is 0.256 e. The molecule has 2 N–H and O–H groups in total. The number of benzene rings is 1. The topological polar surface area (TPSA) is 104 Å². The Bertz CT molecular complexity index is 1050. The fraction of sp³-hybridized carbons (Fsp3) is 0.538. The van der Waals surface area contributed by atoms with Crippen LogP contribution in [0.1, 0.15) is 67.0 Å². The van der Waals surface area contributed by atoms with Crippen molar-refractivity contribution in [2.24, 2.45) is 5.92 Å². The molecule has 2 aromatic rings. The molecule has 3 aliphatic rings. The molecule has 190 valence electrons. The van der Waals surface area contributed by atoms with Crippen LogP contribution >= 0.6 is 0 Å². The second-order valence-corrected chi connectivity index (χ2v) is 8.55. The third-order valence-electron chi connectivity index (χ3n) is 6.23. The van der Waals surface area contributed by atoms with Crippen LogP contribution < -0.4 is 10.9 Å². The van der Waals surface area contributed by atoms with Crippen LogP contribution in [0.4, 0.5) is 4.39 Å². The number of H-pyrrole nitrogens is 1. The number of rotatable bonds is 4. The molecule has 1 aromatic carbocycles. The van der Waals surface area contributed by atoms with E-state index in [1.807, 2.05) is 13.8 Å². The van der Waals surface area contributed by atoms with Gasteiger partial charge in [-0.25, -0.2) is 9.37 Å². The van der Waals surface area contributed by atoms with E-state index in [1.165, 1.54) is 12.1 Å². The molecule has 5 rings (SSSR count). The lowest BCUT2D eigenvalue weighted by Crippen LogP contribution is -2.31. The molecule has 2 saturated heterocycles. The summed E-state index contributed by atoms with van der Waals surface area (Å²) in [6.45, 7) is 7.90. The van der Waals surface area contributed by atoms with Crippen molar-refractivity contribution in [2.75, 3.05) is 26.2 Å². The van der Waals surface area contributed by atoms with Crippen LogP contribution in [-0.4, -0.2) is 52.8 Å². The molecular weight excluding hydrogens is 451 g/mol. The number of nitrogens with one attached hydrogen (secondary N) is 2. The third kappa shape index (κ3) is 7.29. The first-order valence-corrected chi connectivity index (χ1v) is 12.5. The number of ether oxygens (including phenoxy) is 1. The molecule has 0 aliphatic carbocycles. The summed E-state index contributed by atoms with van der Waals surface area (Å²) in [5, 5.41) is 3.22. The van der Waals surface area contributed by atoms with Crippen LogP contribution in [-0.2, 0) is 29.1 Å². The van der Waals surface area contributed by atoms with E-state index < -0.39 is 0 Å². The van der Waals surface area contributed by atoms with Gasteiger partial charge in [-0.2, -0.15) is 0 Å². The first kappa shape index (κ1) is 26.7. The van der Waals surface area contributed by atoms with E-state index in [0.29, 0.717) is 49.6 Å². The third-order valence-corrected chi connectivity index (χ3v) is 6.23. The Morgan fingerprint density at radius 2 is 1.86 bits per heavy atom. The molecule has 1 aromatic heterocycles. The summed E-state index contributed by atoms with van der Waals surface area (Å²) in [7, 11) is 0. The molecule has 0 bridgehead atoms. The molecule has 9 heteroatoms. The predicted molar refractivity (Wildman–Crippen MR) is 131 cm³/mol. The van der Waals surface area contributed by atoms with Crippen LogP contribution in [0.25, 0.3) is 0 Å². The molecule has 0 radical (unpaired) electrons. The van der Waals surface area contributed by atoms with Crippen LogP contribution in [0.5, 0.6) is 0 Å². The summed E-state index contributed by atoms with van der Waals surface area (Å²) in [5.41, 5.74) is 1.93. The zero-order chi connectivity index (χ0) is 25.2. The van der Waals surface area contributed by atoms with E-state index in [2.05, 4.69) is 15.3 Å². The summed E-state index contributed by atoms with van der Waals surface area (Å²) < 4.78 is 17.9. The summed E-state index contributed by atoms with van der Waals surface area (Å²) in [4.78, 5) is 44.3. The summed E-state index contributed by atoms with van der Waals surface area (Å²) >= 11 is 0. The Hall–Kier alpha value is -2.91. The fourth-order valence-electron chi connectivity index (χ4n) is 4.36. The smallest absolute Gasteiger partial charge is 0.256 e. The predicted octanol–water partition coefficient (Wildman–Crippen LogP) is 3.00. The lowest BCUT2D eigenvalue weighted by molar-refractivity contribution is -0.128. The van der Waals surface area contributed by atoms with Gasteiger partial charge in [0.1, 0.15) is 11.6 Å². The highest BCUT2D eigenvalue weighted by Gasteiger charge is 2.23. The molecule has 0 saturated carbocycles. The van der Waals surface area contributed by atoms with Crippen LogP contribution in [0.15, 0.2) is 29.1 Å². The number of nitrogens with zero attached hydrogens (tertiary/aromatic N) is 2. The minimum Gasteiger partial charge on any atom is -0.376 e. The number of halogens is 1. The minimum atomic E-state index is -0.295. The van der Waals surface area contributed by atoms with Crippen LogP contribution in [0.3, 0.4) is 0 Å². The number of hydrogen-bond acceptors (Lipinski definition) is 6. The van der Waals surface area contributed by atoms with E-state index >= 15 is 0 Å². The minimum absolute atomic E-state index is 0.108. The van der Waals surface area contributed by atoms with Crippen molar-refractivity contribution in [2.45, 2.75) is 59.1 Å². The Morgan fingerprint density at radius 1 is 1.14 bits per heavy atom. The van der Waals surface area contributed by atoms with Crippen molar-refractivity contribution in [3.63, 3.8) is 0 Å². The zero-order valence-corrected chi connectivity index (χ0v) is 20.6. The molecule has 2 fully saturated rings. The highest BCUT2D eigenvalue weighted by atomic mass is 19.1. The molecule has 0 spiro atoms. The van der Waals surface area contributed by atoms with Gasteiger partial charge in [0.25, 0.3) is 5.56 Å². The standard InChI is InChI=1S/C12H14FNO.C12H15N3O3.C2H6/c13-11-3-1-9(2-4-11)12(15)10-5-7-14-8-6-10;16-11-2-1-4-15(11)6-10-13-9-3-5-18-7-8(9)12(17)14-10;1-2/h1-4,10,14H,5-8H2;1-7H2,(H,13,14,17);1-2H3. The van der Waals surface area contributed by atoms with E-state index in [4.69, 9.17) is 4.74 Å². The molecule has 1 amide bonds. The Kier molecular flexibility index (Phi) is 10.1. The van der Waals surface area contributed by atoms with Crippen molar-refractivity contribution >= 4 is 11.7 Å². The number of likely N-dealkylation sites (tertiary alicyclic amines) is 1. The average molecular weight is 487 g/mol. The normalized spacial score (nSPS) is 17.6. The monoisotopic (exact) mass is 486 g/mol. The largest absolute Gasteiger partial charge is 0.376 e. The number of amides is 1. The van der Waals surface area contributed by atoms with Gasteiger partial charge in [0.2, 0.25) is 5.91 Å². The molecule has 3 aliphatic heterocycles. The molecule has 8 nitrogen and oxygen atoms in total. The van der Waals surface area contributed by atoms with E-state index in [9.17, 15) is 18.8 Å². The first-order valence-electron chi connectivity index (χ1n) is 12.5. The van der Waals surface area contributed by atoms with Gasteiger partial charge in [0.15, 0.2) is 5.78 Å². The molecular formula is C26H35FN4O4. The first-order chi connectivity index (χ1) is 17.0. The van der Waals surface area contributed by atoms with Gasteiger partial charge in [-0.15, -0.1) is 0 Å². The summed E-state index contributed by atoms with van der Waals surface area (Å²) in [6, 6.07) is 5.82. The Balaban J connectivity index is 0.000000186. The van der Waals surface area contributed by atoms with E-state index in [1.54, 1.807) is 17.0 Å². The average Bonchev–Trinajstić information content (AvgIpc) is 3.30. The number of Topliss-reactive ketones (excluding diaryl/α,β-unsaturated/α-hetero) is 1. The van der Waals surface area contributed by atoms with Gasteiger partial charge in [-0.05, 0) is 56.6 Å². The van der Waals surface area contributed by atoms with Crippen LogP contribution in [0, 0.1) is 11.7 Å². The number of aromatic nitrogens is 2. The van der Waals surface area contributed by atoms with Crippen molar-refractivity contribution < 1.29 is 18.7 Å². The number of piperidine rings is 1. The van der Waals surface area contributed by atoms with Crippen molar-refractivity contribution in [3.8, 4) is 0 Å². The quantitative estimate of drug-likeness (QED) is 0.644. The van der Waals surface area contributed by atoms with Gasteiger partial charge in [0.05, 0.1) is 31.0 Å². The Labute approximate surface area is 205 Å². The van der Waals surface area contributed by atoms with Gasteiger partial charge in [-0.3, -0.25) is 14.4 Å². The summed E-state index contributed by atoms with van der Waals surface area (Å²) in [5.74, 6) is 0.680. The van der Waals surface area contributed by atoms with E-state index in [-0.39, 0.29) is 29.0 Å². The maximum atomic E-state index is 12.7. The van der Waals surface area contributed by atoms with Gasteiger partial charge in [0, 0.05) is 30.9 Å². The summed E-state index contributed by atoms with van der Waals surface area (Å²) in [6.07, 6.45) is 3.93. The molecule has 0 unspecified atom stereocenters. The number of ketones is 1. The fourth-order valence-corrected chi connectivity index (χ4v) is 4.36. The highest BCUT2D eigenvalue weighted by Crippen LogP contribution is 2.18. The van der Waals surface area contributed by atoms with Crippen molar-refractivity contribution in [1.29, 1.82) is 0 Å². The molecule has 4 heterocycles. The zero-order valence-electron chi connectivity index (χ0n) is 20.6. The Morgan fingerprint density at radius 3 is 2.51 bits per heavy atom. The van der Waals surface area contributed by atoms with Gasteiger partial charge in [-0.1, -0.05) is 13.8 Å². The van der Waals surface area contributed by atoms with Crippen molar-refractivity contribution in [3.05, 3.63) is 63.1 Å². The van der Waals surface area contributed by atoms with E-state index in [0.717, 1.165) is 44.6 Å². The highest BCUT2D eigenvalue weighted by molar-refractivity contribution is 5.97. The number of carbonyl (C=O) groups is 2. The molecule has 35 heavy (non-hydrogen) atoms. The number of aromatic amines is 1. The van der Waals surface area contributed by atoms with Crippen molar-refractivity contribution in [1.82, 2.24) is 20.2 Å². The lowest BCUT2D eigenvalue weighted by Gasteiger charge is -2.21. The number of hydrogen-bond donors (Lipinski definition) is 2. The number of carbonyl (C=O) groups excluding carboxylic acids is 2. The SMILES string of the molecule is CC.O=C(c1ccc(F)cc1)C1CCNCC1.O=C1CCCN1Cc1nc2c(c(=O)[nH]1)COCC2. The second-order valence-electron chi connectivity index (χ2n) is 8.55. The van der Waals surface area contributed by atoms with Gasteiger partial charge >= 0.3 is 0 Å². The number of fused-ring (bicyclic) bond motifs is 1. The second kappa shape index (κ2) is 13.3. The van der Waals surface area contributed by atoms with Gasteiger partial charge < -0.3 is 19.9 Å². The maximum absolute atomic E-state index is 12.7. The lowest BCUT2D eigenvalue weighted by atomic mass is 9.90.